The number of likely N-dealkylation sites (tertiary alicyclic amines) is 1. The number of nitrogens with zero attached hydrogens (tertiary/aromatic N) is 2. The molecule has 2 aromatic rings. The zero-order valence-electron chi connectivity index (χ0n) is 14.7. The molecule has 26 heavy (non-hydrogen) atoms. The van der Waals surface area contributed by atoms with Gasteiger partial charge in [0.05, 0.1) is 12.6 Å². The summed E-state index contributed by atoms with van der Waals surface area (Å²) < 4.78 is 5.24. The van der Waals surface area contributed by atoms with E-state index in [1.165, 1.54) is 0 Å². The second kappa shape index (κ2) is 6.44. The minimum absolute atomic E-state index is 0.0832. The lowest BCUT2D eigenvalue weighted by molar-refractivity contribution is 0.0759. The highest BCUT2D eigenvalue weighted by atomic mass is 16.5. The molecule has 1 spiro atoms. The number of aryl methyl sites for hydroxylation is 1. The van der Waals surface area contributed by atoms with Gasteiger partial charge in [0.2, 0.25) is 0 Å². The number of fused-ring (bicyclic) bond motifs is 1. The molecule has 6 nitrogen and oxygen atoms in total. The van der Waals surface area contributed by atoms with Crippen molar-refractivity contribution < 1.29 is 14.3 Å². The van der Waals surface area contributed by atoms with E-state index in [4.69, 9.17) is 4.74 Å². The molecule has 1 unspecified atom stereocenters. The van der Waals surface area contributed by atoms with Gasteiger partial charge in [0.15, 0.2) is 0 Å². The van der Waals surface area contributed by atoms with Crippen LogP contribution in [0.25, 0.3) is 0 Å². The minimum atomic E-state index is -0.381. The lowest BCUT2D eigenvalue weighted by atomic mass is 9.91. The fourth-order valence-electron chi connectivity index (χ4n) is 3.86. The van der Waals surface area contributed by atoms with Gasteiger partial charge in [0.25, 0.3) is 11.8 Å². The Kier molecular flexibility index (Phi) is 4.11. The van der Waals surface area contributed by atoms with Crippen molar-refractivity contribution in [2.45, 2.75) is 24.8 Å². The molecule has 3 heterocycles. The van der Waals surface area contributed by atoms with Crippen LogP contribution < -0.4 is 10.1 Å². The van der Waals surface area contributed by atoms with E-state index in [0.717, 1.165) is 24.8 Å². The quantitative estimate of drug-likeness (QED) is 0.899. The fourth-order valence-corrected chi connectivity index (χ4v) is 3.86. The monoisotopic (exact) mass is 351 g/mol. The van der Waals surface area contributed by atoms with Gasteiger partial charge in [-0.05, 0) is 49.1 Å². The maximum atomic E-state index is 12.8. The number of ether oxygens (including phenoxy) is 1. The van der Waals surface area contributed by atoms with Gasteiger partial charge in [-0.1, -0.05) is 12.1 Å². The second-order valence-corrected chi connectivity index (χ2v) is 6.95. The normalized spacial score (nSPS) is 21.9. The predicted octanol–water partition coefficient (Wildman–Crippen LogP) is 2.05. The maximum absolute atomic E-state index is 12.8. The van der Waals surface area contributed by atoms with E-state index in [1.54, 1.807) is 36.4 Å². The van der Waals surface area contributed by atoms with Crippen LogP contribution in [0.5, 0.6) is 5.75 Å². The molecule has 2 aliphatic rings. The van der Waals surface area contributed by atoms with Crippen molar-refractivity contribution in [3.05, 3.63) is 59.4 Å². The van der Waals surface area contributed by atoms with Crippen molar-refractivity contribution in [3.63, 3.8) is 0 Å². The second-order valence-electron chi connectivity index (χ2n) is 6.95. The number of benzene rings is 1. The molecule has 4 rings (SSSR count). The maximum Gasteiger partial charge on any atom is 0.272 e. The Bertz CT molecular complexity index is 853. The van der Waals surface area contributed by atoms with Gasteiger partial charge in [0, 0.05) is 24.8 Å². The van der Waals surface area contributed by atoms with Crippen molar-refractivity contribution in [1.29, 1.82) is 0 Å². The van der Waals surface area contributed by atoms with E-state index >= 15 is 0 Å². The van der Waals surface area contributed by atoms with E-state index in [9.17, 15) is 9.59 Å². The summed E-state index contributed by atoms with van der Waals surface area (Å²) >= 11 is 0. The first-order chi connectivity index (χ1) is 12.6. The van der Waals surface area contributed by atoms with Crippen molar-refractivity contribution in [3.8, 4) is 5.75 Å². The summed E-state index contributed by atoms with van der Waals surface area (Å²) in [5.74, 6) is 0.497. The number of rotatable bonds is 2. The first-order valence-corrected chi connectivity index (χ1v) is 8.80. The van der Waals surface area contributed by atoms with Gasteiger partial charge in [0.1, 0.15) is 11.4 Å². The smallest absolute Gasteiger partial charge is 0.272 e. The van der Waals surface area contributed by atoms with Crippen LogP contribution in [0.15, 0.2) is 42.6 Å². The number of hydrogen-bond acceptors (Lipinski definition) is 4. The molecule has 6 heteroatoms. The number of hydrogen-bond donors (Lipinski definition) is 1. The summed E-state index contributed by atoms with van der Waals surface area (Å²) in [6.45, 7) is 1.13. The number of methoxy groups -OCH3 is 1. The van der Waals surface area contributed by atoms with Gasteiger partial charge in [-0.2, -0.15) is 0 Å². The number of amides is 2. The number of carbonyl (C=O) groups is 2. The zero-order valence-corrected chi connectivity index (χ0v) is 14.7. The van der Waals surface area contributed by atoms with Gasteiger partial charge in [-0.25, -0.2) is 0 Å². The Morgan fingerprint density at radius 1 is 1.27 bits per heavy atom. The molecule has 2 aliphatic heterocycles. The summed E-state index contributed by atoms with van der Waals surface area (Å²) in [5.41, 5.74) is 1.75. The van der Waals surface area contributed by atoms with E-state index in [-0.39, 0.29) is 17.4 Å². The molecule has 1 N–H and O–H groups in total. The molecule has 0 aliphatic carbocycles. The molecular formula is C20H21N3O3. The third-order valence-electron chi connectivity index (χ3n) is 5.34. The van der Waals surface area contributed by atoms with Crippen LogP contribution in [0.3, 0.4) is 0 Å². The zero-order chi connectivity index (χ0) is 18.1. The molecule has 2 amide bonds. The van der Waals surface area contributed by atoms with Crippen molar-refractivity contribution in [1.82, 2.24) is 15.2 Å². The predicted molar refractivity (Wildman–Crippen MR) is 96.3 cm³/mol. The standard InChI is InChI=1S/C20H21N3O3/c1-26-15-6-5-14-7-8-20(22-18(24)16(14)12-15)9-11-23(13-20)19(25)17-4-2-3-10-21-17/h2-6,10,12H,7-9,11,13H2,1H3,(H,22,24). The molecule has 0 saturated carbocycles. The van der Waals surface area contributed by atoms with E-state index in [2.05, 4.69) is 10.3 Å². The van der Waals surface area contributed by atoms with Gasteiger partial charge in [-0.3, -0.25) is 14.6 Å². The fraction of sp³-hybridized carbons (Fsp3) is 0.350. The Morgan fingerprint density at radius 2 is 2.15 bits per heavy atom. The molecule has 0 bridgehead atoms. The van der Waals surface area contributed by atoms with E-state index in [0.29, 0.717) is 30.1 Å². The van der Waals surface area contributed by atoms with Crippen LogP contribution in [-0.2, 0) is 6.42 Å². The molecular weight excluding hydrogens is 330 g/mol. The Hall–Kier alpha value is -2.89. The third kappa shape index (κ3) is 2.92. The Morgan fingerprint density at radius 3 is 2.92 bits per heavy atom. The molecule has 0 radical (unpaired) electrons. The molecule has 1 atom stereocenters. The average molecular weight is 351 g/mol. The summed E-state index contributed by atoms with van der Waals surface area (Å²) in [6, 6.07) is 11.0. The Labute approximate surface area is 152 Å². The highest BCUT2D eigenvalue weighted by Gasteiger charge is 2.43. The first kappa shape index (κ1) is 16.6. The van der Waals surface area contributed by atoms with Crippen LogP contribution in [0.4, 0.5) is 0 Å². The lowest BCUT2D eigenvalue weighted by Gasteiger charge is -2.28. The van der Waals surface area contributed by atoms with Crippen LogP contribution in [0.1, 0.15) is 39.3 Å². The SMILES string of the molecule is COc1ccc2c(c1)C(=O)NC1(CC2)CCN(C(=O)c2ccccn2)C1. The summed E-state index contributed by atoms with van der Waals surface area (Å²) in [5, 5.41) is 3.19. The topological polar surface area (TPSA) is 71.5 Å². The van der Waals surface area contributed by atoms with Crippen LogP contribution in [0, 0.1) is 0 Å². The highest BCUT2D eigenvalue weighted by Crippen LogP contribution is 2.32. The van der Waals surface area contributed by atoms with Gasteiger partial charge < -0.3 is 15.0 Å². The van der Waals surface area contributed by atoms with Gasteiger partial charge >= 0.3 is 0 Å². The van der Waals surface area contributed by atoms with Crippen molar-refractivity contribution in [2.75, 3.05) is 20.2 Å². The largest absolute Gasteiger partial charge is 0.497 e. The third-order valence-corrected chi connectivity index (χ3v) is 5.34. The molecule has 1 aromatic heterocycles. The first-order valence-electron chi connectivity index (χ1n) is 8.80. The lowest BCUT2D eigenvalue weighted by Crippen LogP contribution is -2.50. The molecule has 1 aromatic carbocycles. The average Bonchev–Trinajstić information content (AvgIpc) is 3.04. The molecule has 1 saturated heterocycles. The van der Waals surface area contributed by atoms with E-state index in [1.807, 2.05) is 18.2 Å². The molecule has 1 fully saturated rings. The highest BCUT2D eigenvalue weighted by molar-refractivity contribution is 5.97. The van der Waals surface area contributed by atoms with Crippen LogP contribution >= 0.6 is 0 Å². The molecule has 134 valence electrons. The number of aromatic nitrogens is 1. The van der Waals surface area contributed by atoms with Crippen LogP contribution in [0.2, 0.25) is 0 Å². The number of pyridine rings is 1. The Balaban J connectivity index is 1.54. The number of carbonyl (C=O) groups excluding carboxylic acids is 2. The minimum Gasteiger partial charge on any atom is -0.497 e. The summed E-state index contributed by atoms with van der Waals surface area (Å²) in [4.78, 5) is 31.4. The summed E-state index contributed by atoms with van der Waals surface area (Å²) in [6.07, 6.45) is 3.98. The van der Waals surface area contributed by atoms with E-state index < -0.39 is 0 Å². The van der Waals surface area contributed by atoms with Crippen molar-refractivity contribution >= 4 is 11.8 Å². The van der Waals surface area contributed by atoms with Crippen molar-refractivity contribution in [2.24, 2.45) is 0 Å². The van der Waals surface area contributed by atoms with Crippen LogP contribution in [-0.4, -0.2) is 47.4 Å². The van der Waals surface area contributed by atoms with Gasteiger partial charge in [-0.15, -0.1) is 0 Å². The summed E-state index contributed by atoms with van der Waals surface area (Å²) in [7, 11) is 1.59. The number of nitrogens with one attached hydrogen (secondary N) is 1.